The Bertz CT molecular complexity index is 866. The molecule has 0 saturated heterocycles. The highest BCUT2D eigenvalue weighted by Crippen LogP contribution is 2.47. The third kappa shape index (κ3) is 5.30. The maximum absolute atomic E-state index is 14.3. The second kappa shape index (κ2) is 9.31. The Morgan fingerprint density at radius 2 is 1.90 bits per heavy atom. The molecule has 29 heavy (non-hydrogen) atoms. The fourth-order valence-electron chi connectivity index (χ4n) is 3.71. The standard InChI is InChI=1S/C24H29FN2O2/c1-4-23(28)19-11-10-16(13-22(19)25)12-18(27(2)3)15-26-24(29)21-14-20(21)17-8-6-5-7-9-17/h5-11,13,18,20-21H,4,12,14-15H2,1-3H3,(H,26,29)/t18-,20+,21+/m0/s1. The van der Waals surface area contributed by atoms with Crippen LogP contribution in [0.5, 0.6) is 0 Å². The summed E-state index contributed by atoms with van der Waals surface area (Å²) in [6.07, 6.45) is 1.77. The Morgan fingerprint density at radius 3 is 2.52 bits per heavy atom. The monoisotopic (exact) mass is 396 g/mol. The first-order valence-electron chi connectivity index (χ1n) is 10.2. The molecule has 5 heteroatoms. The number of rotatable bonds is 9. The number of benzene rings is 2. The molecule has 1 saturated carbocycles. The fourth-order valence-corrected chi connectivity index (χ4v) is 3.71. The van der Waals surface area contributed by atoms with E-state index in [1.807, 2.05) is 37.2 Å². The van der Waals surface area contributed by atoms with Crippen LogP contribution in [0.15, 0.2) is 48.5 Å². The quantitative estimate of drug-likeness (QED) is 0.656. The zero-order valence-electron chi connectivity index (χ0n) is 17.3. The van der Waals surface area contributed by atoms with E-state index < -0.39 is 5.82 Å². The Hall–Kier alpha value is -2.53. The number of amides is 1. The highest BCUT2D eigenvalue weighted by Gasteiger charge is 2.43. The van der Waals surface area contributed by atoms with Crippen LogP contribution in [0.1, 0.15) is 47.2 Å². The van der Waals surface area contributed by atoms with E-state index in [2.05, 4.69) is 17.4 Å². The number of likely N-dealkylation sites (N-methyl/N-ethyl adjacent to an activating group) is 1. The largest absolute Gasteiger partial charge is 0.354 e. The van der Waals surface area contributed by atoms with Crippen LogP contribution < -0.4 is 5.32 Å². The maximum atomic E-state index is 14.3. The lowest BCUT2D eigenvalue weighted by atomic mass is 10.0. The first-order chi connectivity index (χ1) is 13.9. The van der Waals surface area contributed by atoms with E-state index in [1.165, 1.54) is 11.6 Å². The van der Waals surface area contributed by atoms with Crippen molar-refractivity contribution in [2.75, 3.05) is 20.6 Å². The molecule has 1 amide bonds. The van der Waals surface area contributed by atoms with Crippen LogP contribution in [-0.4, -0.2) is 43.3 Å². The van der Waals surface area contributed by atoms with Gasteiger partial charge in [0.25, 0.3) is 0 Å². The average molecular weight is 397 g/mol. The summed E-state index contributed by atoms with van der Waals surface area (Å²) in [5.41, 5.74) is 2.18. The molecule has 3 rings (SSSR count). The van der Waals surface area contributed by atoms with E-state index in [9.17, 15) is 14.0 Å². The van der Waals surface area contributed by atoms with Crippen molar-refractivity contribution in [3.05, 3.63) is 71.0 Å². The third-order valence-electron chi connectivity index (χ3n) is 5.72. The van der Waals surface area contributed by atoms with Gasteiger partial charge in [0, 0.05) is 24.9 Å². The van der Waals surface area contributed by atoms with Crippen LogP contribution in [0.4, 0.5) is 4.39 Å². The van der Waals surface area contributed by atoms with Crippen molar-refractivity contribution in [3.8, 4) is 0 Å². The number of Topliss-reactive ketones (excluding diaryl/α,β-unsaturated/α-hetero) is 1. The Kier molecular flexibility index (Phi) is 6.80. The van der Waals surface area contributed by atoms with Crippen LogP contribution in [0.25, 0.3) is 0 Å². The molecule has 1 N–H and O–H groups in total. The van der Waals surface area contributed by atoms with E-state index in [0.717, 1.165) is 12.0 Å². The van der Waals surface area contributed by atoms with Gasteiger partial charge in [-0.25, -0.2) is 4.39 Å². The van der Waals surface area contributed by atoms with Gasteiger partial charge >= 0.3 is 0 Å². The number of nitrogens with one attached hydrogen (secondary N) is 1. The molecular formula is C24H29FN2O2. The van der Waals surface area contributed by atoms with E-state index in [0.29, 0.717) is 18.9 Å². The molecule has 1 aliphatic carbocycles. The van der Waals surface area contributed by atoms with Crippen molar-refractivity contribution in [1.29, 1.82) is 0 Å². The molecule has 154 valence electrons. The molecule has 4 nitrogen and oxygen atoms in total. The minimum absolute atomic E-state index is 0.0389. The number of halogens is 1. The summed E-state index contributed by atoms with van der Waals surface area (Å²) >= 11 is 0. The zero-order chi connectivity index (χ0) is 21.0. The molecule has 0 aliphatic heterocycles. The van der Waals surface area contributed by atoms with Crippen molar-refractivity contribution in [2.24, 2.45) is 5.92 Å². The van der Waals surface area contributed by atoms with Crippen molar-refractivity contribution in [2.45, 2.75) is 38.1 Å². The summed E-state index contributed by atoms with van der Waals surface area (Å²) in [6, 6.07) is 15.0. The van der Waals surface area contributed by atoms with Gasteiger partial charge in [0.1, 0.15) is 5.82 Å². The van der Waals surface area contributed by atoms with Crippen molar-refractivity contribution >= 4 is 11.7 Å². The molecule has 0 unspecified atom stereocenters. The van der Waals surface area contributed by atoms with Gasteiger partial charge in [-0.15, -0.1) is 0 Å². The summed E-state index contributed by atoms with van der Waals surface area (Å²) in [7, 11) is 3.90. The van der Waals surface area contributed by atoms with Crippen LogP contribution in [0, 0.1) is 11.7 Å². The lowest BCUT2D eigenvalue weighted by molar-refractivity contribution is -0.122. The summed E-state index contributed by atoms with van der Waals surface area (Å²) < 4.78 is 14.3. The van der Waals surface area contributed by atoms with Crippen LogP contribution in [0.2, 0.25) is 0 Å². The smallest absolute Gasteiger partial charge is 0.223 e. The molecule has 0 radical (unpaired) electrons. The van der Waals surface area contributed by atoms with E-state index in [-0.39, 0.29) is 35.6 Å². The molecule has 0 spiro atoms. The molecule has 2 aromatic rings. The van der Waals surface area contributed by atoms with Gasteiger partial charge in [0.15, 0.2) is 5.78 Å². The lowest BCUT2D eigenvalue weighted by Gasteiger charge is -2.25. The number of carbonyl (C=O) groups excluding carboxylic acids is 2. The van der Waals surface area contributed by atoms with Crippen molar-refractivity contribution in [3.63, 3.8) is 0 Å². The second-order valence-corrected chi connectivity index (χ2v) is 8.02. The average Bonchev–Trinajstić information content (AvgIpc) is 3.52. The summed E-state index contributed by atoms with van der Waals surface area (Å²) in [5.74, 6) is -0.230. The summed E-state index contributed by atoms with van der Waals surface area (Å²) in [6.45, 7) is 2.23. The first kappa shape index (κ1) is 21.2. The molecule has 2 aromatic carbocycles. The van der Waals surface area contributed by atoms with Gasteiger partial charge in [-0.05, 0) is 56.1 Å². The Morgan fingerprint density at radius 1 is 1.17 bits per heavy atom. The van der Waals surface area contributed by atoms with Gasteiger partial charge in [-0.2, -0.15) is 0 Å². The maximum Gasteiger partial charge on any atom is 0.223 e. The molecule has 1 aliphatic rings. The van der Waals surface area contributed by atoms with Gasteiger partial charge in [-0.1, -0.05) is 43.3 Å². The molecule has 0 aromatic heterocycles. The number of ketones is 1. The number of hydrogen-bond donors (Lipinski definition) is 1. The van der Waals surface area contributed by atoms with Crippen molar-refractivity contribution < 1.29 is 14.0 Å². The van der Waals surface area contributed by atoms with Crippen LogP contribution in [0.3, 0.4) is 0 Å². The van der Waals surface area contributed by atoms with Crippen LogP contribution >= 0.6 is 0 Å². The molecule has 0 bridgehead atoms. The topological polar surface area (TPSA) is 49.4 Å². The van der Waals surface area contributed by atoms with E-state index in [1.54, 1.807) is 19.1 Å². The number of hydrogen-bond acceptors (Lipinski definition) is 3. The summed E-state index contributed by atoms with van der Waals surface area (Å²) in [4.78, 5) is 26.3. The Balaban J connectivity index is 1.56. The predicted molar refractivity (Wildman–Crippen MR) is 113 cm³/mol. The van der Waals surface area contributed by atoms with Crippen molar-refractivity contribution in [1.82, 2.24) is 10.2 Å². The number of carbonyl (C=O) groups is 2. The van der Waals surface area contributed by atoms with Gasteiger partial charge < -0.3 is 10.2 Å². The van der Waals surface area contributed by atoms with Crippen LogP contribution in [-0.2, 0) is 11.2 Å². The molecule has 1 fully saturated rings. The predicted octanol–water partition coefficient (Wildman–Crippen LogP) is 3.81. The minimum Gasteiger partial charge on any atom is -0.354 e. The normalized spacial score (nSPS) is 19.1. The van der Waals surface area contributed by atoms with Gasteiger partial charge in [0.2, 0.25) is 5.91 Å². The third-order valence-corrected chi connectivity index (χ3v) is 5.72. The fraction of sp³-hybridized carbons (Fsp3) is 0.417. The van der Waals surface area contributed by atoms with Gasteiger partial charge in [0.05, 0.1) is 5.56 Å². The number of nitrogens with zero attached hydrogens (tertiary/aromatic N) is 1. The molecule has 3 atom stereocenters. The van der Waals surface area contributed by atoms with E-state index >= 15 is 0 Å². The first-order valence-corrected chi connectivity index (χ1v) is 10.2. The second-order valence-electron chi connectivity index (χ2n) is 8.02. The lowest BCUT2D eigenvalue weighted by Crippen LogP contribution is -2.42. The molecule has 0 heterocycles. The minimum atomic E-state index is -0.473. The zero-order valence-corrected chi connectivity index (χ0v) is 17.3. The molecular weight excluding hydrogens is 367 g/mol. The highest BCUT2D eigenvalue weighted by molar-refractivity contribution is 5.96. The van der Waals surface area contributed by atoms with Gasteiger partial charge in [-0.3, -0.25) is 9.59 Å². The van der Waals surface area contributed by atoms with E-state index in [4.69, 9.17) is 0 Å². The SMILES string of the molecule is CCC(=O)c1ccc(C[C@@H](CNC(=O)[C@@H]2C[C@@H]2c2ccccc2)N(C)C)cc1F. The highest BCUT2D eigenvalue weighted by atomic mass is 19.1. The summed E-state index contributed by atoms with van der Waals surface area (Å²) in [5, 5.41) is 3.07. The Labute approximate surface area is 172 Å².